The molecule has 12 heavy (non-hydrogen) atoms. The zero-order chi connectivity index (χ0) is 8.97. The molecule has 1 saturated carbocycles. The minimum atomic E-state index is -0.610. The van der Waals surface area contributed by atoms with Gasteiger partial charge in [0.1, 0.15) is 0 Å². The Morgan fingerprint density at radius 3 is 2.42 bits per heavy atom. The third-order valence-corrected chi connectivity index (χ3v) is 4.36. The molecule has 4 heteroatoms. The quantitative estimate of drug-likeness (QED) is 0.353. The fourth-order valence-corrected chi connectivity index (χ4v) is 2.83. The monoisotopic (exact) mass is 285 g/mol. The number of halogens is 1. The summed E-state index contributed by atoms with van der Waals surface area (Å²) in [6.07, 6.45) is 3.81. The van der Waals surface area contributed by atoms with Crippen LogP contribution in [0.15, 0.2) is 0 Å². The zero-order valence-electron chi connectivity index (χ0n) is 7.12. The second kappa shape index (κ2) is 5.01. The SMILES string of the molecule is COC(=O)C1CCC([I-]O)CC1. The number of rotatable bonds is 2. The van der Waals surface area contributed by atoms with Crippen molar-refractivity contribution in [1.29, 1.82) is 0 Å². The van der Waals surface area contributed by atoms with Crippen molar-refractivity contribution < 1.29 is 34.6 Å². The van der Waals surface area contributed by atoms with Crippen LogP contribution in [0.5, 0.6) is 0 Å². The van der Waals surface area contributed by atoms with E-state index in [0.717, 1.165) is 25.7 Å². The number of esters is 1. The number of ether oxygens (including phenoxy) is 1. The molecule has 0 radical (unpaired) electrons. The molecule has 0 atom stereocenters. The average Bonchev–Trinajstić information content (AvgIpc) is 2.17. The number of alkyl halides is 1. The van der Waals surface area contributed by atoms with Gasteiger partial charge >= 0.3 is 83.2 Å². The van der Waals surface area contributed by atoms with E-state index in [1.807, 2.05) is 0 Å². The molecule has 0 amide bonds. The first-order valence-electron chi connectivity index (χ1n) is 4.13. The molecule has 1 N–H and O–H groups in total. The maximum absolute atomic E-state index is 11.1. The normalized spacial score (nSPS) is 30.2. The van der Waals surface area contributed by atoms with Crippen LogP contribution in [0.25, 0.3) is 0 Å². The number of methoxy groups -OCH3 is 1. The Bertz CT molecular complexity index is 152. The summed E-state index contributed by atoms with van der Waals surface area (Å²) in [5.74, 6) is 0.0198. The summed E-state index contributed by atoms with van der Waals surface area (Å²) in [7, 11) is 1.44. The van der Waals surface area contributed by atoms with Gasteiger partial charge in [0.15, 0.2) is 0 Å². The van der Waals surface area contributed by atoms with E-state index in [1.165, 1.54) is 7.11 Å². The Labute approximate surface area is 83.3 Å². The van der Waals surface area contributed by atoms with E-state index in [9.17, 15) is 4.79 Å². The van der Waals surface area contributed by atoms with Crippen LogP contribution in [0.2, 0.25) is 0 Å². The fraction of sp³-hybridized carbons (Fsp3) is 0.875. The van der Waals surface area contributed by atoms with Gasteiger partial charge in [0.05, 0.1) is 0 Å². The molecule has 0 aromatic heterocycles. The fourth-order valence-electron chi connectivity index (χ4n) is 1.55. The van der Waals surface area contributed by atoms with E-state index in [2.05, 4.69) is 4.74 Å². The first kappa shape index (κ1) is 10.2. The molecule has 1 aliphatic carbocycles. The summed E-state index contributed by atoms with van der Waals surface area (Å²) >= 11 is -0.610. The Morgan fingerprint density at radius 2 is 2.00 bits per heavy atom. The summed E-state index contributed by atoms with van der Waals surface area (Å²) in [5.41, 5.74) is 0. The van der Waals surface area contributed by atoms with Gasteiger partial charge in [-0.05, 0) is 0 Å². The van der Waals surface area contributed by atoms with Crippen molar-refractivity contribution >= 4 is 5.97 Å². The molecule has 0 bridgehead atoms. The average molecular weight is 285 g/mol. The third-order valence-electron chi connectivity index (χ3n) is 2.33. The summed E-state index contributed by atoms with van der Waals surface area (Å²) in [6.45, 7) is 0. The van der Waals surface area contributed by atoms with Gasteiger partial charge in [-0.15, -0.1) is 0 Å². The standard InChI is InChI=1S/C8H14IO3/c1-12-8(10)6-2-4-7(9-11)5-3-6/h6-7,11H,2-5H2,1H3/q-1. The van der Waals surface area contributed by atoms with Gasteiger partial charge in [0.2, 0.25) is 0 Å². The molecule has 3 nitrogen and oxygen atoms in total. The topological polar surface area (TPSA) is 46.5 Å². The number of carbonyl (C=O) groups is 1. The Morgan fingerprint density at radius 1 is 1.42 bits per heavy atom. The van der Waals surface area contributed by atoms with Crippen LogP contribution < -0.4 is 21.6 Å². The van der Waals surface area contributed by atoms with Gasteiger partial charge < -0.3 is 0 Å². The summed E-state index contributed by atoms with van der Waals surface area (Å²) in [4.78, 5) is 11.1. The van der Waals surface area contributed by atoms with E-state index < -0.39 is 21.6 Å². The summed E-state index contributed by atoms with van der Waals surface area (Å²) in [6, 6.07) is 0. The van der Waals surface area contributed by atoms with Gasteiger partial charge in [0, 0.05) is 0 Å². The van der Waals surface area contributed by atoms with Crippen molar-refractivity contribution in [1.82, 2.24) is 0 Å². The van der Waals surface area contributed by atoms with Gasteiger partial charge in [-0.1, -0.05) is 0 Å². The molecule has 0 saturated heterocycles. The molecule has 0 aromatic rings. The molecule has 72 valence electrons. The molecule has 1 rings (SSSR count). The molecule has 0 heterocycles. The molecule has 0 unspecified atom stereocenters. The minimum absolute atomic E-state index is 0.0791. The zero-order valence-corrected chi connectivity index (χ0v) is 9.28. The van der Waals surface area contributed by atoms with Crippen LogP contribution in [-0.2, 0) is 9.53 Å². The molecule has 1 aliphatic rings. The molecule has 1 fully saturated rings. The number of carbonyl (C=O) groups excluding carboxylic acids is 1. The van der Waals surface area contributed by atoms with Crippen LogP contribution in [0.1, 0.15) is 25.7 Å². The second-order valence-electron chi connectivity index (χ2n) is 3.07. The molecule has 0 aromatic carbocycles. The third kappa shape index (κ3) is 2.58. The van der Waals surface area contributed by atoms with E-state index in [4.69, 9.17) is 3.44 Å². The van der Waals surface area contributed by atoms with E-state index in [0.29, 0.717) is 3.92 Å². The van der Waals surface area contributed by atoms with Crippen LogP contribution in [-0.4, -0.2) is 20.4 Å². The predicted molar refractivity (Wildman–Crippen MR) is 40.0 cm³/mol. The maximum atomic E-state index is 11.1. The first-order valence-corrected chi connectivity index (χ1v) is 6.34. The molecule has 0 aliphatic heterocycles. The number of hydrogen-bond acceptors (Lipinski definition) is 3. The number of hydrogen-bond donors (Lipinski definition) is 1. The van der Waals surface area contributed by atoms with Crippen LogP contribution in [0.4, 0.5) is 0 Å². The van der Waals surface area contributed by atoms with E-state index >= 15 is 0 Å². The molecule has 0 spiro atoms. The summed E-state index contributed by atoms with van der Waals surface area (Å²) in [5, 5.41) is 0. The van der Waals surface area contributed by atoms with Crippen molar-refractivity contribution in [2.24, 2.45) is 5.92 Å². The van der Waals surface area contributed by atoms with Gasteiger partial charge in [-0.25, -0.2) is 0 Å². The van der Waals surface area contributed by atoms with Crippen LogP contribution in [0.3, 0.4) is 0 Å². The Hall–Kier alpha value is 0.160. The first-order chi connectivity index (χ1) is 5.77. The van der Waals surface area contributed by atoms with Crippen molar-refractivity contribution in [2.45, 2.75) is 29.6 Å². The van der Waals surface area contributed by atoms with Crippen molar-refractivity contribution in [2.75, 3.05) is 7.11 Å². The van der Waals surface area contributed by atoms with Crippen molar-refractivity contribution in [3.05, 3.63) is 0 Å². The van der Waals surface area contributed by atoms with Gasteiger partial charge in [0.25, 0.3) is 0 Å². The van der Waals surface area contributed by atoms with Crippen molar-refractivity contribution in [3.8, 4) is 0 Å². The predicted octanol–water partition coefficient (Wildman–Crippen LogP) is -2.29. The Balaban J connectivity index is 2.30. The molecular formula is C8H14IO3-. The van der Waals surface area contributed by atoms with Crippen LogP contribution >= 0.6 is 0 Å². The van der Waals surface area contributed by atoms with Crippen molar-refractivity contribution in [3.63, 3.8) is 0 Å². The Kier molecular flexibility index (Phi) is 4.28. The molecular weight excluding hydrogens is 271 g/mol. The summed E-state index contributed by atoms with van der Waals surface area (Å²) < 4.78 is 14.2. The second-order valence-corrected chi connectivity index (χ2v) is 5.39. The van der Waals surface area contributed by atoms with Gasteiger partial charge in [-0.2, -0.15) is 0 Å². The van der Waals surface area contributed by atoms with Crippen LogP contribution in [0, 0.1) is 5.92 Å². The van der Waals surface area contributed by atoms with E-state index in [-0.39, 0.29) is 11.9 Å². The van der Waals surface area contributed by atoms with E-state index in [1.54, 1.807) is 0 Å². The van der Waals surface area contributed by atoms with Gasteiger partial charge in [-0.3, -0.25) is 0 Å².